The third kappa shape index (κ3) is 9.47. The Labute approximate surface area is 342 Å². The summed E-state index contributed by atoms with van der Waals surface area (Å²) in [5.74, 6) is 1.22. The number of carbonyl (C=O) groups is 2. The molecule has 1 heterocycles. The van der Waals surface area contributed by atoms with Crippen molar-refractivity contribution in [2.75, 3.05) is 59.1 Å². The number of benzene rings is 2. The summed E-state index contributed by atoms with van der Waals surface area (Å²) in [5.41, 5.74) is 3.79. The van der Waals surface area contributed by atoms with Crippen molar-refractivity contribution in [3.8, 4) is 16.9 Å². The first-order valence-electron chi connectivity index (χ1n) is 20.6. The number of Topliss-reactive ketones (excluding diaryl/α,β-unsaturated/α-hetero) is 2. The van der Waals surface area contributed by atoms with E-state index in [1.54, 1.807) is 39.9 Å². The highest BCUT2D eigenvalue weighted by Crippen LogP contribution is 2.63. The predicted molar refractivity (Wildman–Crippen MR) is 226 cm³/mol. The van der Waals surface area contributed by atoms with E-state index >= 15 is 0 Å². The maximum atomic E-state index is 14.4. The SMILES string of the molecule is COc1c(CN2O[C@@H](CO)[C@@H]([C@H](C)O)[C@H]2C(=O)CC2C[C@@H]3C[C@@H]([C@@H]2C)C3(C)C)cccc1-c1cc(C(=O)C[C@@H](CN(C)C)CS(=O)(=O)C(C)(C)C)cc(N(C)C)c1. The van der Waals surface area contributed by atoms with Crippen LogP contribution in [0.25, 0.3) is 11.1 Å². The fourth-order valence-electron chi connectivity index (χ4n) is 10.0. The molecule has 2 aromatic rings. The number of hydroxylamine groups is 2. The Bertz CT molecular complexity index is 1870. The molecule has 11 nitrogen and oxygen atoms in total. The second-order valence-electron chi connectivity index (χ2n) is 19.4. The van der Waals surface area contributed by atoms with Gasteiger partial charge in [0.05, 0.1) is 36.9 Å². The largest absolute Gasteiger partial charge is 0.496 e. The van der Waals surface area contributed by atoms with E-state index in [1.807, 2.05) is 74.4 Å². The Morgan fingerprint density at radius 3 is 2.32 bits per heavy atom. The van der Waals surface area contributed by atoms with E-state index in [4.69, 9.17) is 9.57 Å². The third-order valence-corrected chi connectivity index (χ3v) is 16.4. The Kier molecular flexibility index (Phi) is 13.8. The number of nitrogens with zero attached hydrogens (tertiary/aromatic N) is 3. The Morgan fingerprint density at radius 1 is 1.09 bits per heavy atom. The number of sulfone groups is 1. The quantitative estimate of drug-likeness (QED) is 0.178. The number of hydrogen-bond acceptors (Lipinski definition) is 11. The maximum absolute atomic E-state index is 14.4. The second kappa shape index (κ2) is 17.4. The number of aliphatic hydroxyl groups excluding tert-OH is 2. The van der Waals surface area contributed by atoms with Gasteiger partial charge >= 0.3 is 0 Å². The molecule has 0 spiro atoms. The van der Waals surface area contributed by atoms with Crippen LogP contribution in [-0.4, -0.2) is 117 Å². The summed E-state index contributed by atoms with van der Waals surface area (Å²) < 4.78 is 31.7. The standard InChI is InChI=1S/C45H69N3O8S/c1-27-31(18-34-22-37(27)45(34,6)7)21-39(52)42-41(28(2)50)40(25-49)56-48(42)24-30-14-13-15-36(43(30)55-12)32-17-33(20-35(19-32)47(10)11)38(51)16-29(23-46(8)9)26-57(53,54)44(3,4)5/h13-15,17,19-20,27-29,31,34,37,40-42,49-50H,16,18,21-26H2,1-12H3/t27-,28+,29+,31?,34-,37+,40+,41-,42-/m1/s1. The lowest BCUT2D eigenvalue weighted by Gasteiger charge is -2.62. The minimum atomic E-state index is -3.47. The van der Waals surface area contributed by atoms with Gasteiger partial charge in [0, 0.05) is 61.8 Å². The summed E-state index contributed by atoms with van der Waals surface area (Å²) in [7, 11) is 5.69. The molecule has 12 heteroatoms. The number of anilines is 1. The topological polar surface area (TPSA) is 137 Å². The van der Waals surface area contributed by atoms with Gasteiger partial charge in [-0.05, 0) is 113 Å². The summed E-state index contributed by atoms with van der Waals surface area (Å²) in [6, 6.07) is 10.7. The van der Waals surface area contributed by atoms with Crippen molar-refractivity contribution in [1.29, 1.82) is 0 Å². The van der Waals surface area contributed by atoms with Gasteiger partial charge in [0.15, 0.2) is 21.4 Å². The average Bonchev–Trinajstić information content (AvgIpc) is 3.49. The zero-order valence-electron chi connectivity index (χ0n) is 36.4. The third-order valence-electron chi connectivity index (χ3n) is 13.6. The molecule has 1 unspecified atom stereocenters. The van der Waals surface area contributed by atoms with E-state index in [0.717, 1.165) is 28.8 Å². The number of rotatable bonds is 17. The van der Waals surface area contributed by atoms with Crippen LogP contribution < -0.4 is 9.64 Å². The first-order valence-corrected chi connectivity index (χ1v) is 22.3. The van der Waals surface area contributed by atoms with Crippen LogP contribution in [0.3, 0.4) is 0 Å². The maximum Gasteiger partial charge on any atom is 0.163 e. The molecule has 2 bridgehead atoms. The first kappa shape index (κ1) is 45.2. The summed E-state index contributed by atoms with van der Waals surface area (Å²) in [6.45, 7) is 14.0. The lowest BCUT2D eigenvalue weighted by molar-refractivity contribution is -0.183. The number of fused-ring (bicyclic) bond motifs is 2. The number of para-hydroxylation sites is 1. The molecule has 0 amide bonds. The van der Waals surface area contributed by atoms with E-state index in [2.05, 4.69) is 20.8 Å². The smallest absolute Gasteiger partial charge is 0.163 e. The van der Waals surface area contributed by atoms with Gasteiger partial charge in [-0.2, -0.15) is 5.06 Å². The van der Waals surface area contributed by atoms with Crippen molar-refractivity contribution >= 4 is 27.1 Å². The van der Waals surface area contributed by atoms with Gasteiger partial charge in [0.2, 0.25) is 0 Å². The molecule has 6 rings (SSSR count). The molecule has 318 valence electrons. The monoisotopic (exact) mass is 811 g/mol. The zero-order valence-corrected chi connectivity index (χ0v) is 37.2. The van der Waals surface area contributed by atoms with Crippen LogP contribution in [0.1, 0.15) is 90.1 Å². The van der Waals surface area contributed by atoms with Crippen molar-refractivity contribution in [2.24, 2.45) is 40.9 Å². The molecule has 57 heavy (non-hydrogen) atoms. The molecule has 1 aliphatic heterocycles. The number of carbonyl (C=O) groups excluding carboxylic acids is 2. The number of methoxy groups -OCH3 is 1. The Morgan fingerprint density at radius 2 is 1.77 bits per heavy atom. The van der Waals surface area contributed by atoms with Crippen LogP contribution in [0.4, 0.5) is 5.69 Å². The van der Waals surface area contributed by atoms with Crippen LogP contribution >= 0.6 is 0 Å². The zero-order chi connectivity index (χ0) is 42.4. The van der Waals surface area contributed by atoms with Crippen molar-refractivity contribution < 1.29 is 37.8 Å². The molecule has 0 radical (unpaired) electrons. The van der Waals surface area contributed by atoms with Crippen LogP contribution in [0.5, 0.6) is 5.75 Å². The van der Waals surface area contributed by atoms with Gasteiger partial charge in [-0.1, -0.05) is 39.0 Å². The molecule has 4 fully saturated rings. The second-order valence-corrected chi connectivity index (χ2v) is 22.1. The molecular weight excluding hydrogens is 743 g/mol. The van der Waals surface area contributed by atoms with Crippen molar-refractivity contribution in [2.45, 2.75) is 104 Å². The molecule has 3 aliphatic carbocycles. The van der Waals surface area contributed by atoms with Gasteiger partial charge in [-0.25, -0.2) is 8.42 Å². The molecule has 2 aromatic carbocycles. The minimum absolute atomic E-state index is 0.0210. The fourth-order valence-corrected chi connectivity index (χ4v) is 11.4. The van der Waals surface area contributed by atoms with E-state index in [-0.39, 0.29) is 42.8 Å². The number of ketones is 2. The van der Waals surface area contributed by atoms with Crippen molar-refractivity contribution in [3.05, 3.63) is 47.5 Å². The number of aliphatic hydroxyl groups is 2. The van der Waals surface area contributed by atoms with Gasteiger partial charge in [0.1, 0.15) is 17.9 Å². The fraction of sp³-hybridized carbons (Fsp3) is 0.689. The van der Waals surface area contributed by atoms with Gasteiger partial charge < -0.3 is 24.7 Å². The number of ether oxygens (including phenoxy) is 1. The highest BCUT2D eigenvalue weighted by molar-refractivity contribution is 7.92. The van der Waals surface area contributed by atoms with Crippen LogP contribution in [-0.2, 0) is 26.0 Å². The Balaban J connectivity index is 1.46. The number of hydrogen-bond donors (Lipinski definition) is 2. The van der Waals surface area contributed by atoms with Gasteiger partial charge in [-0.3, -0.25) is 14.4 Å². The van der Waals surface area contributed by atoms with E-state index in [1.165, 1.54) is 6.42 Å². The highest BCUT2D eigenvalue weighted by atomic mass is 32.2. The minimum Gasteiger partial charge on any atom is -0.496 e. The molecule has 0 aromatic heterocycles. The normalized spacial score (nSPS) is 27.2. The predicted octanol–water partition coefficient (Wildman–Crippen LogP) is 6.14. The summed E-state index contributed by atoms with van der Waals surface area (Å²) in [6.07, 6.45) is 1.08. The molecular formula is C45H69N3O8S. The van der Waals surface area contributed by atoms with E-state index in [9.17, 15) is 28.2 Å². The van der Waals surface area contributed by atoms with Crippen LogP contribution in [0.15, 0.2) is 36.4 Å². The van der Waals surface area contributed by atoms with Gasteiger partial charge in [0.25, 0.3) is 0 Å². The van der Waals surface area contributed by atoms with Gasteiger partial charge in [-0.15, -0.1) is 0 Å². The average molecular weight is 812 g/mol. The Hall–Kier alpha value is -2.87. The summed E-state index contributed by atoms with van der Waals surface area (Å²) in [5, 5.41) is 23.0. The molecule has 4 aliphatic rings. The van der Waals surface area contributed by atoms with Crippen LogP contribution in [0, 0.1) is 40.9 Å². The molecule has 9 atom stereocenters. The molecule has 1 saturated heterocycles. The van der Waals surface area contributed by atoms with E-state index < -0.39 is 44.7 Å². The summed E-state index contributed by atoms with van der Waals surface area (Å²) >= 11 is 0. The van der Waals surface area contributed by atoms with E-state index in [0.29, 0.717) is 47.4 Å². The molecule has 3 saturated carbocycles. The highest BCUT2D eigenvalue weighted by Gasteiger charge is 2.57. The summed E-state index contributed by atoms with van der Waals surface area (Å²) in [4.78, 5) is 38.7. The van der Waals surface area contributed by atoms with Crippen molar-refractivity contribution in [1.82, 2.24) is 9.96 Å². The lowest BCUT2D eigenvalue weighted by atomic mass is 9.43. The van der Waals surface area contributed by atoms with Crippen molar-refractivity contribution in [3.63, 3.8) is 0 Å². The lowest BCUT2D eigenvalue weighted by Crippen LogP contribution is -2.55. The van der Waals surface area contributed by atoms with Crippen LogP contribution in [0.2, 0.25) is 0 Å². The first-order chi connectivity index (χ1) is 26.5. The molecule has 2 N–H and O–H groups in total.